The van der Waals surface area contributed by atoms with Crippen molar-refractivity contribution in [3.8, 4) is 0 Å². The van der Waals surface area contributed by atoms with Gasteiger partial charge in [-0.25, -0.2) is 0 Å². The highest BCUT2D eigenvalue weighted by molar-refractivity contribution is 9.10. The Morgan fingerprint density at radius 3 is 2.26 bits per heavy atom. The summed E-state index contributed by atoms with van der Waals surface area (Å²) >= 11 is 3.31. The Morgan fingerprint density at radius 2 is 1.74 bits per heavy atom. The van der Waals surface area contributed by atoms with Crippen LogP contribution in [0.3, 0.4) is 0 Å². The van der Waals surface area contributed by atoms with Crippen molar-refractivity contribution in [2.45, 2.75) is 18.6 Å². The molecule has 0 aliphatic rings. The van der Waals surface area contributed by atoms with Crippen LogP contribution in [0, 0.1) is 0 Å². The summed E-state index contributed by atoms with van der Waals surface area (Å²) in [5.41, 5.74) is 6.78. The minimum absolute atomic E-state index is 0.134. The van der Waals surface area contributed by atoms with E-state index in [0.29, 0.717) is 6.42 Å². The number of furan rings is 1. The molecule has 2 nitrogen and oxygen atoms in total. The van der Waals surface area contributed by atoms with Crippen LogP contribution in [0.15, 0.2) is 45.3 Å². The van der Waals surface area contributed by atoms with E-state index in [1.807, 2.05) is 24.3 Å². The van der Waals surface area contributed by atoms with Gasteiger partial charge in [0.2, 0.25) is 5.76 Å². The summed E-state index contributed by atoms with van der Waals surface area (Å²) in [6.07, 6.45) is -4.06. The fourth-order valence-electron chi connectivity index (χ4n) is 1.68. The molecule has 0 aliphatic carbocycles. The van der Waals surface area contributed by atoms with E-state index in [1.165, 1.54) is 6.07 Å². The minimum Gasteiger partial charge on any atom is -0.455 e. The molecule has 19 heavy (non-hydrogen) atoms. The lowest BCUT2D eigenvalue weighted by Gasteiger charge is -2.09. The van der Waals surface area contributed by atoms with E-state index >= 15 is 0 Å². The second kappa shape index (κ2) is 5.38. The Balaban J connectivity index is 2.09. The number of hydrogen-bond acceptors (Lipinski definition) is 2. The summed E-state index contributed by atoms with van der Waals surface area (Å²) in [5, 5.41) is 0. The van der Waals surface area contributed by atoms with Gasteiger partial charge in [0.15, 0.2) is 0 Å². The van der Waals surface area contributed by atoms with Crippen LogP contribution in [0.4, 0.5) is 13.2 Å². The first-order valence-corrected chi connectivity index (χ1v) is 6.32. The lowest BCUT2D eigenvalue weighted by Crippen LogP contribution is -2.12. The van der Waals surface area contributed by atoms with Crippen molar-refractivity contribution in [3.05, 3.63) is 58.0 Å². The van der Waals surface area contributed by atoms with Crippen molar-refractivity contribution in [1.29, 1.82) is 0 Å². The predicted molar refractivity (Wildman–Crippen MR) is 68.5 cm³/mol. The molecule has 0 amide bonds. The molecule has 0 saturated carbocycles. The van der Waals surface area contributed by atoms with Crippen LogP contribution < -0.4 is 5.73 Å². The number of rotatable bonds is 3. The number of nitrogens with two attached hydrogens (primary N) is 1. The summed E-state index contributed by atoms with van der Waals surface area (Å²) < 4.78 is 42.9. The van der Waals surface area contributed by atoms with Gasteiger partial charge >= 0.3 is 6.18 Å². The largest absolute Gasteiger partial charge is 0.455 e. The van der Waals surface area contributed by atoms with E-state index in [-0.39, 0.29) is 5.76 Å². The van der Waals surface area contributed by atoms with Crippen LogP contribution in [-0.2, 0) is 12.6 Å². The standard InChI is InChI=1S/C13H11BrF3NO/c14-9-3-1-8(2-4-9)7-10(18)11-5-6-12(19-11)13(15,16)17/h1-6,10H,7,18H2. The maximum Gasteiger partial charge on any atom is 0.449 e. The highest BCUT2D eigenvalue weighted by Gasteiger charge is 2.35. The van der Waals surface area contributed by atoms with Gasteiger partial charge in [-0.05, 0) is 36.2 Å². The van der Waals surface area contributed by atoms with E-state index in [9.17, 15) is 13.2 Å². The van der Waals surface area contributed by atoms with Crippen molar-refractivity contribution >= 4 is 15.9 Å². The molecule has 1 heterocycles. The zero-order valence-corrected chi connectivity index (χ0v) is 11.3. The van der Waals surface area contributed by atoms with E-state index < -0.39 is 18.0 Å². The lowest BCUT2D eigenvalue weighted by atomic mass is 10.1. The summed E-state index contributed by atoms with van der Waals surface area (Å²) in [7, 11) is 0. The van der Waals surface area contributed by atoms with Gasteiger partial charge in [-0.1, -0.05) is 28.1 Å². The molecule has 0 bridgehead atoms. The van der Waals surface area contributed by atoms with Gasteiger partial charge in [-0.3, -0.25) is 0 Å². The minimum atomic E-state index is -4.48. The van der Waals surface area contributed by atoms with Gasteiger partial charge in [0.1, 0.15) is 5.76 Å². The van der Waals surface area contributed by atoms with Crippen molar-refractivity contribution < 1.29 is 17.6 Å². The molecule has 2 N–H and O–H groups in total. The number of alkyl halides is 3. The molecule has 1 aromatic carbocycles. The van der Waals surface area contributed by atoms with Gasteiger partial charge < -0.3 is 10.2 Å². The van der Waals surface area contributed by atoms with Crippen LogP contribution in [0.25, 0.3) is 0 Å². The Labute approximate surface area is 116 Å². The molecule has 102 valence electrons. The quantitative estimate of drug-likeness (QED) is 0.909. The van der Waals surface area contributed by atoms with Crippen molar-refractivity contribution in [1.82, 2.24) is 0 Å². The fraction of sp³-hybridized carbons (Fsp3) is 0.231. The second-order valence-corrected chi connectivity index (χ2v) is 5.05. The van der Waals surface area contributed by atoms with Gasteiger partial charge in [-0.15, -0.1) is 0 Å². The maximum atomic E-state index is 12.4. The van der Waals surface area contributed by atoms with Gasteiger partial charge in [-0.2, -0.15) is 13.2 Å². The third kappa shape index (κ3) is 3.61. The third-order valence-corrected chi connectivity index (χ3v) is 3.17. The van der Waals surface area contributed by atoms with Crippen LogP contribution in [0.2, 0.25) is 0 Å². The normalized spacial score (nSPS) is 13.5. The zero-order chi connectivity index (χ0) is 14.0. The summed E-state index contributed by atoms with van der Waals surface area (Å²) in [5.74, 6) is -0.885. The smallest absolute Gasteiger partial charge is 0.449 e. The molecule has 1 aromatic heterocycles. The number of benzene rings is 1. The number of halogens is 4. The molecule has 0 fully saturated rings. The SMILES string of the molecule is NC(Cc1ccc(Br)cc1)c1ccc(C(F)(F)F)o1. The molecular formula is C13H11BrF3NO. The van der Waals surface area contributed by atoms with Crippen LogP contribution in [0.5, 0.6) is 0 Å². The molecule has 0 saturated heterocycles. The van der Waals surface area contributed by atoms with Crippen molar-refractivity contribution in [3.63, 3.8) is 0 Å². The molecule has 0 spiro atoms. The van der Waals surface area contributed by atoms with Gasteiger partial charge in [0, 0.05) is 4.47 Å². The first-order valence-electron chi connectivity index (χ1n) is 5.53. The summed E-state index contributed by atoms with van der Waals surface area (Å²) in [4.78, 5) is 0. The summed E-state index contributed by atoms with van der Waals surface area (Å²) in [6.45, 7) is 0. The molecule has 2 rings (SSSR count). The van der Waals surface area contributed by atoms with Gasteiger partial charge in [0.25, 0.3) is 0 Å². The Hall–Kier alpha value is -1.27. The van der Waals surface area contributed by atoms with Crippen LogP contribution >= 0.6 is 15.9 Å². The molecule has 1 unspecified atom stereocenters. The molecular weight excluding hydrogens is 323 g/mol. The molecule has 1 atom stereocenters. The van der Waals surface area contributed by atoms with Crippen molar-refractivity contribution in [2.75, 3.05) is 0 Å². The zero-order valence-electron chi connectivity index (χ0n) is 9.75. The molecule has 6 heteroatoms. The van der Waals surface area contributed by atoms with E-state index in [2.05, 4.69) is 15.9 Å². The first kappa shape index (κ1) is 14.1. The van der Waals surface area contributed by atoms with Crippen molar-refractivity contribution in [2.24, 2.45) is 5.73 Å². The average molecular weight is 334 g/mol. The molecule has 0 aliphatic heterocycles. The fourth-order valence-corrected chi connectivity index (χ4v) is 1.94. The Morgan fingerprint density at radius 1 is 1.11 bits per heavy atom. The maximum absolute atomic E-state index is 12.4. The van der Waals surface area contributed by atoms with Crippen LogP contribution in [-0.4, -0.2) is 0 Å². The Bertz CT molecular complexity index is 548. The van der Waals surface area contributed by atoms with Crippen LogP contribution in [0.1, 0.15) is 23.1 Å². The number of hydrogen-bond donors (Lipinski definition) is 1. The van der Waals surface area contributed by atoms with E-state index in [4.69, 9.17) is 10.2 Å². The Kier molecular flexibility index (Phi) is 4.01. The average Bonchev–Trinajstić information content (AvgIpc) is 2.81. The lowest BCUT2D eigenvalue weighted by molar-refractivity contribution is -0.153. The monoisotopic (exact) mass is 333 g/mol. The topological polar surface area (TPSA) is 39.2 Å². The third-order valence-electron chi connectivity index (χ3n) is 2.64. The molecule has 2 aromatic rings. The predicted octanol–water partition coefficient (Wildman–Crippen LogP) is 4.30. The highest BCUT2D eigenvalue weighted by atomic mass is 79.9. The van der Waals surface area contributed by atoms with E-state index in [1.54, 1.807) is 0 Å². The molecule has 0 radical (unpaired) electrons. The second-order valence-electron chi connectivity index (χ2n) is 4.14. The highest BCUT2D eigenvalue weighted by Crippen LogP contribution is 2.32. The summed E-state index contributed by atoms with van der Waals surface area (Å²) in [6, 6.07) is 8.99. The first-order chi connectivity index (χ1) is 8.86. The van der Waals surface area contributed by atoms with Gasteiger partial charge in [0.05, 0.1) is 6.04 Å². The van der Waals surface area contributed by atoms with E-state index in [0.717, 1.165) is 16.1 Å².